The Labute approximate surface area is 150 Å². The average Bonchev–Trinajstić information content (AvgIpc) is 2.58. The van der Waals surface area contributed by atoms with Gasteiger partial charge in [0, 0.05) is 11.3 Å². The van der Waals surface area contributed by atoms with Crippen LogP contribution in [0.3, 0.4) is 0 Å². The van der Waals surface area contributed by atoms with Crippen molar-refractivity contribution >= 4 is 17.7 Å². The Morgan fingerprint density at radius 3 is 2.62 bits per heavy atom. The number of pyridine rings is 1. The third-order valence-electron chi connectivity index (χ3n) is 4.26. The van der Waals surface area contributed by atoms with Crippen molar-refractivity contribution in [3.05, 3.63) is 63.6 Å². The van der Waals surface area contributed by atoms with Crippen LogP contribution in [0.5, 0.6) is 0 Å². The first-order valence-electron chi connectivity index (χ1n) is 8.22. The molecule has 0 fully saturated rings. The van der Waals surface area contributed by atoms with Crippen molar-refractivity contribution in [3.8, 4) is 0 Å². The van der Waals surface area contributed by atoms with Crippen LogP contribution >= 0.6 is 0 Å². The first kappa shape index (κ1) is 17.7. The van der Waals surface area contributed by atoms with Gasteiger partial charge < -0.3 is 9.47 Å². The summed E-state index contributed by atoms with van der Waals surface area (Å²) in [7, 11) is 0. The largest absolute Gasteiger partial charge is 0.459 e. The highest BCUT2D eigenvalue weighted by Crippen LogP contribution is 2.33. The van der Waals surface area contributed by atoms with E-state index in [1.165, 1.54) is 4.57 Å². The Morgan fingerprint density at radius 1 is 1.23 bits per heavy atom. The number of aryl methyl sites for hydroxylation is 1. The number of anilines is 1. The highest BCUT2D eigenvalue weighted by Gasteiger charge is 2.36. The number of nitrogens with one attached hydrogen (secondary N) is 1. The van der Waals surface area contributed by atoms with Crippen LogP contribution in [-0.4, -0.2) is 16.6 Å². The zero-order chi connectivity index (χ0) is 18.9. The number of cyclic esters (lactones) is 1. The number of aromatic nitrogens is 1. The molecule has 0 saturated carbocycles. The molecule has 7 nitrogen and oxygen atoms in total. The number of carbonyl (C=O) groups is 2. The first-order valence-corrected chi connectivity index (χ1v) is 8.22. The van der Waals surface area contributed by atoms with Crippen molar-refractivity contribution < 1.29 is 19.1 Å². The minimum atomic E-state index is -0.922. The van der Waals surface area contributed by atoms with E-state index < -0.39 is 23.2 Å². The standard InChI is InChI=1S/C19H20N2O5/c1-12-9-14-16(20-18(24)26-19(14,2)3)17(23)21(12)10-15(22)25-11-13-7-5-4-6-8-13/h4-9H,10-11H2,1-3H3,(H,20,24). The molecule has 1 aromatic carbocycles. The summed E-state index contributed by atoms with van der Waals surface area (Å²) >= 11 is 0. The molecule has 0 unspecified atom stereocenters. The molecular weight excluding hydrogens is 336 g/mol. The number of carbonyl (C=O) groups excluding carboxylic acids is 2. The molecule has 26 heavy (non-hydrogen) atoms. The minimum Gasteiger partial charge on any atom is -0.459 e. The lowest BCUT2D eigenvalue weighted by molar-refractivity contribution is -0.145. The summed E-state index contributed by atoms with van der Waals surface area (Å²) in [5.74, 6) is -0.531. The average molecular weight is 356 g/mol. The fourth-order valence-corrected chi connectivity index (χ4v) is 2.89. The molecule has 0 aliphatic carbocycles. The number of hydrogen-bond acceptors (Lipinski definition) is 5. The van der Waals surface area contributed by atoms with Crippen molar-refractivity contribution in [2.24, 2.45) is 0 Å². The molecule has 0 spiro atoms. The maximum Gasteiger partial charge on any atom is 0.412 e. The van der Waals surface area contributed by atoms with Gasteiger partial charge in [0.15, 0.2) is 0 Å². The summed E-state index contributed by atoms with van der Waals surface area (Å²) in [5, 5.41) is 2.44. The second kappa shape index (κ2) is 6.67. The van der Waals surface area contributed by atoms with Gasteiger partial charge in [-0.25, -0.2) is 4.79 Å². The Morgan fingerprint density at radius 2 is 1.92 bits per heavy atom. The molecule has 0 saturated heterocycles. The highest BCUT2D eigenvalue weighted by molar-refractivity contribution is 5.88. The van der Waals surface area contributed by atoms with E-state index in [9.17, 15) is 14.4 Å². The van der Waals surface area contributed by atoms with Crippen LogP contribution in [0, 0.1) is 6.92 Å². The molecule has 136 valence electrons. The van der Waals surface area contributed by atoms with Crippen LogP contribution in [0.2, 0.25) is 0 Å². The number of hydrogen-bond donors (Lipinski definition) is 1. The fraction of sp³-hybridized carbons (Fsp3) is 0.316. The zero-order valence-electron chi connectivity index (χ0n) is 14.9. The van der Waals surface area contributed by atoms with Crippen molar-refractivity contribution in [3.63, 3.8) is 0 Å². The van der Waals surface area contributed by atoms with Crippen LogP contribution in [0.25, 0.3) is 0 Å². The number of benzene rings is 1. The van der Waals surface area contributed by atoms with Crippen LogP contribution in [0.1, 0.15) is 30.7 Å². The number of amides is 1. The highest BCUT2D eigenvalue weighted by atomic mass is 16.6. The molecular formula is C19H20N2O5. The van der Waals surface area contributed by atoms with Gasteiger partial charge in [-0.05, 0) is 32.4 Å². The van der Waals surface area contributed by atoms with Gasteiger partial charge in [0.2, 0.25) is 0 Å². The molecule has 0 bridgehead atoms. The molecule has 2 heterocycles. The third kappa shape index (κ3) is 3.46. The first-order chi connectivity index (χ1) is 12.3. The molecule has 7 heteroatoms. The SMILES string of the molecule is Cc1cc2c(c(=O)n1CC(=O)OCc1ccccc1)NC(=O)OC2(C)C. The van der Waals surface area contributed by atoms with Gasteiger partial charge in [0.05, 0.1) is 0 Å². The predicted octanol–water partition coefficient (Wildman–Crippen LogP) is 2.70. The Balaban J connectivity index is 1.83. The lowest BCUT2D eigenvalue weighted by atomic mass is 9.95. The molecule has 1 aliphatic heterocycles. The van der Waals surface area contributed by atoms with Gasteiger partial charge in [-0.1, -0.05) is 30.3 Å². The number of nitrogens with zero attached hydrogens (tertiary/aromatic N) is 1. The maximum atomic E-state index is 12.8. The topological polar surface area (TPSA) is 86.6 Å². The summed E-state index contributed by atoms with van der Waals surface area (Å²) < 4.78 is 11.8. The molecule has 1 N–H and O–H groups in total. The second-order valence-electron chi connectivity index (χ2n) is 6.64. The molecule has 1 amide bonds. The van der Waals surface area contributed by atoms with Crippen molar-refractivity contribution in [2.45, 2.75) is 39.5 Å². The summed E-state index contributed by atoms with van der Waals surface area (Å²) in [4.78, 5) is 36.6. The fourth-order valence-electron chi connectivity index (χ4n) is 2.89. The van der Waals surface area contributed by atoms with E-state index >= 15 is 0 Å². The molecule has 2 aromatic rings. The van der Waals surface area contributed by atoms with Crippen LogP contribution in [-0.2, 0) is 33.0 Å². The summed E-state index contributed by atoms with van der Waals surface area (Å²) in [6, 6.07) is 11.0. The number of rotatable bonds is 4. The molecule has 0 radical (unpaired) electrons. The number of esters is 1. The lowest BCUT2D eigenvalue weighted by Crippen LogP contribution is -2.41. The summed E-state index contributed by atoms with van der Waals surface area (Å²) in [5.41, 5.74) is 0.774. The van der Waals surface area contributed by atoms with Gasteiger partial charge in [-0.3, -0.25) is 19.5 Å². The van der Waals surface area contributed by atoms with E-state index in [0.29, 0.717) is 11.3 Å². The number of ether oxygens (including phenoxy) is 2. The van der Waals surface area contributed by atoms with E-state index in [4.69, 9.17) is 9.47 Å². The zero-order valence-corrected chi connectivity index (χ0v) is 14.9. The van der Waals surface area contributed by atoms with Crippen molar-refractivity contribution in [1.82, 2.24) is 4.57 Å². The smallest absolute Gasteiger partial charge is 0.412 e. The van der Waals surface area contributed by atoms with Gasteiger partial charge in [-0.15, -0.1) is 0 Å². The predicted molar refractivity (Wildman–Crippen MR) is 94.8 cm³/mol. The van der Waals surface area contributed by atoms with E-state index in [2.05, 4.69) is 5.32 Å². The monoisotopic (exact) mass is 356 g/mol. The van der Waals surface area contributed by atoms with Crippen molar-refractivity contribution in [1.29, 1.82) is 0 Å². The van der Waals surface area contributed by atoms with Crippen LogP contribution in [0.15, 0.2) is 41.2 Å². The Hall–Kier alpha value is -3.09. The molecule has 1 aromatic heterocycles. The van der Waals surface area contributed by atoms with E-state index in [-0.39, 0.29) is 18.8 Å². The molecule has 1 aliphatic rings. The molecule has 3 rings (SSSR count). The summed E-state index contributed by atoms with van der Waals surface area (Å²) in [6.07, 6.45) is -0.693. The number of fused-ring (bicyclic) bond motifs is 1. The Bertz CT molecular complexity index is 916. The van der Waals surface area contributed by atoms with E-state index in [1.54, 1.807) is 26.8 Å². The van der Waals surface area contributed by atoms with Gasteiger partial charge in [0.25, 0.3) is 5.56 Å². The second-order valence-corrected chi connectivity index (χ2v) is 6.64. The van der Waals surface area contributed by atoms with Gasteiger partial charge >= 0.3 is 12.1 Å². The Kier molecular flexibility index (Phi) is 4.54. The maximum absolute atomic E-state index is 12.8. The lowest BCUT2D eigenvalue weighted by Gasteiger charge is -2.32. The minimum absolute atomic E-state index is 0.132. The van der Waals surface area contributed by atoms with Crippen molar-refractivity contribution in [2.75, 3.05) is 5.32 Å². The van der Waals surface area contributed by atoms with Gasteiger partial charge in [-0.2, -0.15) is 0 Å². The van der Waals surface area contributed by atoms with Crippen LogP contribution in [0.4, 0.5) is 10.5 Å². The van der Waals surface area contributed by atoms with E-state index in [1.807, 2.05) is 30.3 Å². The van der Waals surface area contributed by atoms with Gasteiger partial charge in [0.1, 0.15) is 24.4 Å². The third-order valence-corrected chi connectivity index (χ3v) is 4.26. The molecule has 0 atom stereocenters. The summed E-state index contributed by atoms with van der Waals surface area (Å²) in [6.45, 7) is 5.04. The van der Waals surface area contributed by atoms with E-state index in [0.717, 1.165) is 5.56 Å². The quantitative estimate of drug-likeness (QED) is 0.851. The normalized spacial score (nSPS) is 14.8. The van der Waals surface area contributed by atoms with Crippen LogP contribution < -0.4 is 10.9 Å².